The Bertz CT molecular complexity index is 527. The van der Waals surface area contributed by atoms with Crippen LogP contribution in [-0.4, -0.2) is 37.0 Å². The lowest BCUT2D eigenvalue weighted by Gasteiger charge is -2.20. The van der Waals surface area contributed by atoms with Crippen LogP contribution >= 0.6 is 0 Å². The molecule has 2 fully saturated rings. The van der Waals surface area contributed by atoms with Crippen molar-refractivity contribution in [2.45, 2.75) is 25.8 Å². The molecule has 1 heterocycles. The van der Waals surface area contributed by atoms with Crippen molar-refractivity contribution in [3.8, 4) is 0 Å². The average Bonchev–Trinajstić information content (AvgIpc) is 3.14. The fraction of sp³-hybridized carbons (Fsp3) is 0.562. The highest BCUT2D eigenvalue weighted by molar-refractivity contribution is 5.95. The van der Waals surface area contributed by atoms with Gasteiger partial charge in [-0.1, -0.05) is 0 Å². The third-order valence-corrected chi connectivity index (χ3v) is 4.52. The Labute approximate surface area is 119 Å². The van der Waals surface area contributed by atoms with Crippen LogP contribution in [0.3, 0.4) is 0 Å². The standard InChI is InChI=1S/C16H21FN2O/c1-10-7-12(17)5-6-13(10)16(20)18-15-9-19(2)8-14(15)11-3-4-11/h5-7,11,14-15H,3-4,8-9H2,1-2H3,(H,18,20)/t14-,15+/m1/s1. The van der Waals surface area contributed by atoms with Gasteiger partial charge < -0.3 is 10.2 Å². The Kier molecular flexibility index (Phi) is 3.50. The van der Waals surface area contributed by atoms with E-state index in [0.29, 0.717) is 17.0 Å². The summed E-state index contributed by atoms with van der Waals surface area (Å²) in [5, 5.41) is 3.15. The minimum absolute atomic E-state index is 0.0755. The second kappa shape index (κ2) is 5.17. The summed E-state index contributed by atoms with van der Waals surface area (Å²) >= 11 is 0. The van der Waals surface area contributed by atoms with E-state index in [4.69, 9.17) is 0 Å². The van der Waals surface area contributed by atoms with Crippen LogP contribution in [0.15, 0.2) is 18.2 Å². The third kappa shape index (κ3) is 2.70. The highest BCUT2D eigenvalue weighted by Crippen LogP contribution is 2.41. The number of amides is 1. The number of rotatable bonds is 3. The molecule has 0 radical (unpaired) electrons. The molecule has 2 aliphatic rings. The molecule has 0 bridgehead atoms. The van der Waals surface area contributed by atoms with Gasteiger partial charge in [0, 0.05) is 24.7 Å². The van der Waals surface area contributed by atoms with Gasteiger partial charge in [-0.25, -0.2) is 4.39 Å². The zero-order chi connectivity index (χ0) is 14.3. The fourth-order valence-corrected chi connectivity index (χ4v) is 3.32. The molecule has 3 rings (SSSR count). The SMILES string of the molecule is Cc1cc(F)ccc1C(=O)N[C@H]1CN(C)C[C@@H]1C1CC1. The maximum atomic E-state index is 13.1. The lowest BCUT2D eigenvalue weighted by Crippen LogP contribution is -2.41. The summed E-state index contributed by atoms with van der Waals surface area (Å²) in [6.45, 7) is 3.75. The van der Waals surface area contributed by atoms with Crippen LogP contribution in [0.25, 0.3) is 0 Å². The second-order valence-corrected chi connectivity index (χ2v) is 6.26. The van der Waals surface area contributed by atoms with Gasteiger partial charge in [0.25, 0.3) is 5.91 Å². The molecule has 3 nitrogen and oxygen atoms in total. The fourth-order valence-electron chi connectivity index (χ4n) is 3.32. The number of halogens is 1. The first kappa shape index (κ1) is 13.6. The zero-order valence-corrected chi connectivity index (χ0v) is 12.0. The molecular weight excluding hydrogens is 255 g/mol. The highest BCUT2D eigenvalue weighted by atomic mass is 19.1. The number of hydrogen-bond donors (Lipinski definition) is 1. The smallest absolute Gasteiger partial charge is 0.251 e. The van der Waals surface area contributed by atoms with Gasteiger partial charge in [-0.3, -0.25) is 4.79 Å². The van der Waals surface area contributed by atoms with Gasteiger partial charge in [0.1, 0.15) is 5.82 Å². The Hall–Kier alpha value is -1.42. The lowest BCUT2D eigenvalue weighted by molar-refractivity contribution is 0.0927. The van der Waals surface area contributed by atoms with Crippen molar-refractivity contribution in [2.24, 2.45) is 11.8 Å². The van der Waals surface area contributed by atoms with Crippen molar-refractivity contribution in [3.05, 3.63) is 35.1 Å². The van der Waals surface area contributed by atoms with Gasteiger partial charge in [0.2, 0.25) is 0 Å². The molecule has 2 atom stereocenters. The van der Waals surface area contributed by atoms with Crippen LogP contribution in [0.4, 0.5) is 4.39 Å². The molecule has 1 saturated carbocycles. The number of aryl methyl sites for hydroxylation is 1. The number of carbonyl (C=O) groups excluding carboxylic acids is 1. The van der Waals surface area contributed by atoms with E-state index in [9.17, 15) is 9.18 Å². The van der Waals surface area contributed by atoms with Crippen molar-refractivity contribution < 1.29 is 9.18 Å². The van der Waals surface area contributed by atoms with Crippen LogP contribution in [0.2, 0.25) is 0 Å². The summed E-state index contributed by atoms with van der Waals surface area (Å²) < 4.78 is 13.1. The first-order chi connectivity index (χ1) is 9.54. The van der Waals surface area contributed by atoms with Gasteiger partial charge in [-0.05, 0) is 62.4 Å². The summed E-state index contributed by atoms with van der Waals surface area (Å²) in [7, 11) is 2.10. The van der Waals surface area contributed by atoms with E-state index in [-0.39, 0.29) is 17.8 Å². The molecule has 1 aromatic carbocycles. The molecule has 1 aliphatic heterocycles. The molecule has 4 heteroatoms. The molecule has 1 saturated heterocycles. The molecular formula is C16H21FN2O. The Balaban J connectivity index is 1.71. The minimum atomic E-state index is -0.296. The van der Waals surface area contributed by atoms with E-state index in [2.05, 4.69) is 17.3 Å². The van der Waals surface area contributed by atoms with Crippen LogP contribution in [0.5, 0.6) is 0 Å². The van der Waals surface area contributed by atoms with E-state index in [1.807, 2.05) is 0 Å². The number of benzene rings is 1. The normalized spacial score (nSPS) is 26.8. The lowest BCUT2D eigenvalue weighted by atomic mass is 9.97. The number of nitrogens with zero attached hydrogens (tertiary/aromatic N) is 1. The summed E-state index contributed by atoms with van der Waals surface area (Å²) in [5.74, 6) is 0.980. The van der Waals surface area contributed by atoms with E-state index in [1.165, 1.54) is 25.0 Å². The van der Waals surface area contributed by atoms with Crippen LogP contribution in [0.1, 0.15) is 28.8 Å². The molecule has 108 valence electrons. The summed E-state index contributed by atoms with van der Waals surface area (Å²) in [6, 6.07) is 4.56. The summed E-state index contributed by atoms with van der Waals surface area (Å²) in [6.07, 6.45) is 2.58. The largest absolute Gasteiger partial charge is 0.348 e. The van der Waals surface area contributed by atoms with Gasteiger partial charge >= 0.3 is 0 Å². The maximum Gasteiger partial charge on any atom is 0.251 e. The molecule has 0 aromatic heterocycles. The molecule has 1 aliphatic carbocycles. The van der Waals surface area contributed by atoms with Crippen molar-refractivity contribution in [3.63, 3.8) is 0 Å². The van der Waals surface area contributed by atoms with E-state index >= 15 is 0 Å². The average molecular weight is 276 g/mol. The third-order valence-electron chi connectivity index (χ3n) is 4.52. The molecule has 0 unspecified atom stereocenters. The van der Waals surface area contributed by atoms with Gasteiger partial charge in [0.15, 0.2) is 0 Å². The zero-order valence-electron chi connectivity index (χ0n) is 12.0. The number of nitrogens with one attached hydrogen (secondary N) is 1. The molecule has 20 heavy (non-hydrogen) atoms. The van der Waals surface area contributed by atoms with Gasteiger partial charge in [-0.15, -0.1) is 0 Å². The van der Waals surface area contributed by atoms with Crippen molar-refractivity contribution in [2.75, 3.05) is 20.1 Å². The van der Waals surface area contributed by atoms with Crippen molar-refractivity contribution >= 4 is 5.91 Å². The van der Waals surface area contributed by atoms with E-state index < -0.39 is 0 Å². The predicted molar refractivity (Wildman–Crippen MR) is 76.1 cm³/mol. The quantitative estimate of drug-likeness (QED) is 0.918. The van der Waals surface area contributed by atoms with Gasteiger partial charge in [-0.2, -0.15) is 0 Å². The first-order valence-electron chi connectivity index (χ1n) is 7.30. The van der Waals surface area contributed by atoms with Crippen molar-refractivity contribution in [1.82, 2.24) is 10.2 Å². The molecule has 1 amide bonds. The van der Waals surface area contributed by atoms with Crippen LogP contribution in [0, 0.1) is 24.6 Å². The Morgan fingerprint density at radius 2 is 2.10 bits per heavy atom. The van der Waals surface area contributed by atoms with Gasteiger partial charge in [0.05, 0.1) is 0 Å². The van der Waals surface area contributed by atoms with E-state index in [1.54, 1.807) is 13.0 Å². The number of likely N-dealkylation sites (tertiary alicyclic amines) is 1. The van der Waals surface area contributed by atoms with Crippen LogP contribution in [-0.2, 0) is 0 Å². The molecule has 1 N–H and O–H groups in total. The Morgan fingerprint density at radius 1 is 1.35 bits per heavy atom. The summed E-state index contributed by atoms with van der Waals surface area (Å²) in [5.41, 5.74) is 1.27. The minimum Gasteiger partial charge on any atom is -0.348 e. The Morgan fingerprint density at radius 3 is 2.75 bits per heavy atom. The van der Waals surface area contributed by atoms with E-state index in [0.717, 1.165) is 19.0 Å². The molecule has 0 spiro atoms. The number of hydrogen-bond acceptors (Lipinski definition) is 2. The maximum absolute atomic E-state index is 13.1. The first-order valence-corrected chi connectivity index (χ1v) is 7.30. The highest BCUT2D eigenvalue weighted by Gasteiger charge is 2.42. The predicted octanol–water partition coefficient (Wildman–Crippen LogP) is 2.20. The second-order valence-electron chi connectivity index (χ2n) is 6.26. The number of carbonyl (C=O) groups is 1. The summed E-state index contributed by atoms with van der Waals surface area (Å²) in [4.78, 5) is 14.7. The monoisotopic (exact) mass is 276 g/mol. The van der Waals surface area contributed by atoms with Crippen molar-refractivity contribution in [1.29, 1.82) is 0 Å². The topological polar surface area (TPSA) is 32.3 Å². The number of likely N-dealkylation sites (N-methyl/N-ethyl adjacent to an activating group) is 1. The molecule has 1 aromatic rings. The van der Waals surface area contributed by atoms with Crippen LogP contribution < -0.4 is 5.32 Å².